The maximum atomic E-state index is 5.65. The first-order valence-electron chi connectivity index (χ1n) is 5.27. The Kier molecular flexibility index (Phi) is 3.93. The number of aromatic nitrogens is 2. The number of likely N-dealkylation sites (N-methyl/N-ethyl adjacent to an activating group) is 1. The van der Waals surface area contributed by atoms with Gasteiger partial charge < -0.3 is 10.1 Å². The molecule has 88 valence electrons. The van der Waals surface area contributed by atoms with Crippen molar-refractivity contribution in [3.05, 3.63) is 17.3 Å². The van der Waals surface area contributed by atoms with Crippen molar-refractivity contribution in [2.24, 2.45) is 0 Å². The van der Waals surface area contributed by atoms with Gasteiger partial charge >= 0.3 is 0 Å². The van der Waals surface area contributed by atoms with E-state index in [0.29, 0.717) is 11.2 Å². The lowest BCUT2D eigenvalue weighted by molar-refractivity contribution is 0.0109. The molecule has 1 fully saturated rings. The summed E-state index contributed by atoms with van der Waals surface area (Å²) in [5.41, 5.74) is 0. The summed E-state index contributed by atoms with van der Waals surface area (Å²) >= 11 is 5.65. The van der Waals surface area contributed by atoms with Gasteiger partial charge in [-0.2, -0.15) is 0 Å². The number of halogens is 1. The fraction of sp³-hybridized carbons (Fsp3) is 0.600. The molecule has 0 bridgehead atoms. The van der Waals surface area contributed by atoms with Crippen molar-refractivity contribution in [3.63, 3.8) is 0 Å². The molecule has 6 heteroatoms. The van der Waals surface area contributed by atoms with Crippen LogP contribution in [0.15, 0.2) is 12.1 Å². The van der Waals surface area contributed by atoms with Crippen LogP contribution < -0.4 is 5.32 Å². The van der Waals surface area contributed by atoms with E-state index in [9.17, 15) is 0 Å². The highest BCUT2D eigenvalue weighted by Crippen LogP contribution is 2.08. The first kappa shape index (κ1) is 11.6. The predicted molar refractivity (Wildman–Crippen MR) is 62.8 cm³/mol. The maximum Gasteiger partial charge on any atom is 0.151 e. The van der Waals surface area contributed by atoms with Gasteiger partial charge in [0.15, 0.2) is 5.15 Å². The van der Waals surface area contributed by atoms with Crippen molar-refractivity contribution >= 4 is 17.4 Å². The Morgan fingerprint density at radius 3 is 3.12 bits per heavy atom. The number of rotatable bonds is 3. The van der Waals surface area contributed by atoms with Crippen molar-refractivity contribution in [1.29, 1.82) is 0 Å². The van der Waals surface area contributed by atoms with Crippen LogP contribution in [0, 0.1) is 0 Å². The molecular weight excluding hydrogens is 228 g/mol. The summed E-state index contributed by atoms with van der Waals surface area (Å²) in [7, 11) is 2.10. The lowest BCUT2D eigenvalue weighted by Crippen LogP contribution is -2.46. The topological polar surface area (TPSA) is 50.3 Å². The van der Waals surface area contributed by atoms with Crippen molar-refractivity contribution in [2.75, 3.05) is 38.7 Å². The number of nitrogens with one attached hydrogen (secondary N) is 1. The smallest absolute Gasteiger partial charge is 0.151 e. The van der Waals surface area contributed by atoms with E-state index in [1.165, 1.54) is 0 Å². The van der Waals surface area contributed by atoms with Crippen LogP contribution >= 0.6 is 11.6 Å². The van der Waals surface area contributed by atoms with Crippen molar-refractivity contribution in [1.82, 2.24) is 15.1 Å². The molecule has 1 atom stereocenters. The number of anilines is 1. The van der Waals surface area contributed by atoms with Crippen molar-refractivity contribution in [2.45, 2.75) is 6.04 Å². The van der Waals surface area contributed by atoms with Gasteiger partial charge in [-0.25, -0.2) is 0 Å². The average Bonchev–Trinajstić information content (AvgIpc) is 2.30. The van der Waals surface area contributed by atoms with Gasteiger partial charge in [-0.05, 0) is 19.2 Å². The maximum absolute atomic E-state index is 5.65. The molecule has 0 amide bonds. The highest BCUT2D eigenvalue weighted by molar-refractivity contribution is 6.29. The van der Waals surface area contributed by atoms with Crippen molar-refractivity contribution < 1.29 is 4.74 Å². The van der Waals surface area contributed by atoms with Crippen molar-refractivity contribution in [3.8, 4) is 0 Å². The molecule has 0 aliphatic carbocycles. The Balaban J connectivity index is 1.84. The first-order valence-corrected chi connectivity index (χ1v) is 5.64. The zero-order valence-electron chi connectivity index (χ0n) is 9.19. The minimum absolute atomic E-state index is 0.381. The number of ether oxygens (including phenoxy) is 1. The zero-order valence-corrected chi connectivity index (χ0v) is 9.94. The van der Waals surface area contributed by atoms with Gasteiger partial charge in [-0.1, -0.05) is 11.6 Å². The number of nitrogens with zero attached hydrogens (tertiary/aromatic N) is 3. The summed E-state index contributed by atoms with van der Waals surface area (Å²) in [4.78, 5) is 2.28. The molecule has 1 unspecified atom stereocenters. The molecule has 0 saturated carbocycles. The van der Waals surface area contributed by atoms with E-state index in [1.54, 1.807) is 6.07 Å². The second kappa shape index (κ2) is 5.43. The molecule has 16 heavy (non-hydrogen) atoms. The second-order valence-corrected chi connectivity index (χ2v) is 4.22. The first-order chi connectivity index (χ1) is 7.75. The molecule has 0 aromatic carbocycles. The van der Waals surface area contributed by atoms with E-state index in [-0.39, 0.29) is 0 Å². The summed E-state index contributed by atoms with van der Waals surface area (Å²) < 4.78 is 5.42. The van der Waals surface area contributed by atoms with Crippen LogP contribution in [0.4, 0.5) is 5.82 Å². The monoisotopic (exact) mass is 242 g/mol. The number of hydrogen-bond donors (Lipinski definition) is 1. The molecule has 1 aromatic rings. The van der Waals surface area contributed by atoms with Crippen LogP contribution in [-0.4, -0.2) is 54.5 Å². The summed E-state index contributed by atoms with van der Waals surface area (Å²) in [6.07, 6.45) is 0. The summed E-state index contributed by atoms with van der Waals surface area (Å²) in [5.74, 6) is 0.739. The Hall–Kier alpha value is -0.910. The van der Waals surface area contributed by atoms with Crippen LogP contribution in [0.2, 0.25) is 5.15 Å². The molecule has 1 aliphatic heterocycles. The SMILES string of the molecule is CN1CCOCC1CNc1ccc(Cl)nn1. The molecule has 1 N–H and O–H groups in total. The lowest BCUT2D eigenvalue weighted by Gasteiger charge is -2.32. The third-order valence-electron chi connectivity index (χ3n) is 2.67. The number of morpholine rings is 1. The molecule has 0 radical (unpaired) electrons. The predicted octanol–water partition coefficient (Wildman–Crippen LogP) is 0.872. The average molecular weight is 243 g/mol. The van der Waals surface area contributed by atoms with Crippen LogP contribution in [0.5, 0.6) is 0 Å². The highest BCUT2D eigenvalue weighted by atomic mass is 35.5. The van der Waals surface area contributed by atoms with Gasteiger partial charge in [-0.15, -0.1) is 10.2 Å². The normalized spacial score (nSPS) is 22.0. The molecule has 2 rings (SSSR count). The van der Waals surface area contributed by atoms with E-state index < -0.39 is 0 Å². The van der Waals surface area contributed by atoms with Gasteiger partial charge in [0.05, 0.1) is 19.3 Å². The third kappa shape index (κ3) is 3.04. The minimum Gasteiger partial charge on any atom is -0.378 e. The molecule has 5 nitrogen and oxygen atoms in total. The zero-order chi connectivity index (χ0) is 11.4. The third-order valence-corrected chi connectivity index (χ3v) is 2.87. The summed E-state index contributed by atoms with van der Waals surface area (Å²) in [5, 5.41) is 11.3. The van der Waals surface area contributed by atoms with Gasteiger partial charge in [0, 0.05) is 13.1 Å². The van der Waals surface area contributed by atoms with Crippen LogP contribution in [-0.2, 0) is 4.74 Å². The molecule has 2 heterocycles. The van der Waals surface area contributed by atoms with E-state index in [0.717, 1.165) is 32.1 Å². The summed E-state index contributed by atoms with van der Waals surface area (Å²) in [6.45, 7) is 3.34. The lowest BCUT2D eigenvalue weighted by atomic mass is 10.2. The second-order valence-electron chi connectivity index (χ2n) is 3.83. The van der Waals surface area contributed by atoms with Gasteiger partial charge in [0.2, 0.25) is 0 Å². The minimum atomic E-state index is 0.381. The Morgan fingerprint density at radius 1 is 1.56 bits per heavy atom. The molecule has 1 saturated heterocycles. The fourth-order valence-electron chi connectivity index (χ4n) is 1.59. The molecular formula is C10H15ClN4O. The van der Waals surface area contributed by atoms with Crippen LogP contribution in [0.3, 0.4) is 0 Å². The van der Waals surface area contributed by atoms with Crippen LogP contribution in [0.1, 0.15) is 0 Å². The Labute approximate surface area is 99.7 Å². The summed E-state index contributed by atoms with van der Waals surface area (Å²) in [6, 6.07) is 3.92. The van der Waals surface area contributed by atoms with E-state index in [2.05, 4.69) is 27.5 Å². The Bertz CT molecular complexity index is 332. The standard InChI is InChI=1S/C10H15ClN4O/c1-15-4-5-16-7-8(15)6-12-10-3-2-9(11)13-14-10/h2-3,8H,4-7H2,1H3,(H,12,14). The molecule has 1 aliphatic rings. The van der Waals surface area contributed by atoms with E-state index in [4.69, 9.17) is 16.3 Å². The van der Waals surface area contributed by atoms with Gasteiger partial charge in [0.1, 0.15) is 5.82 Å². The van der Waals surface area contributed by atoms with E-state index in [1.807, 2.05) is 6.07 Å². The quantitative estimate of drug-likeness (QED) is 0.853. The fourth-order valence-corrected chi connectivity index (χ4v) is 1.69. The number of hydrogen-bond acceptors (Lipinski definition) is 5. The van der Waals surface area contributed by atoms with Gasteiger partial charge in [-0.3, -0.25) is 4.90 Å². The van der Waals surface area contributed by atoms with Gasteiger partial charge in [0.25, 0.3) is 0 Å². The van der Waals surface area contributed by atoms with E-state index >= 15 is 0 Å². The molecule has 1 aromatic heterocycles. The largest absolute Gasteiger partial charge is 0.378 e. The Morgan fingerprint density at radius 2 is 2.44 bits per heavy atom. The highest BCUT2D eigenvalue weighted by Gasteiger charge is 2.18. The van der Waals surface area contributed by atoms with Crippen LogP contribution in [0.25, 0.3) is 0 Å². The molecule has 0 spiro atoms.